The molecule has 0 radical (unpaired) electrons. The fourth-order valence-electron chi connectivity index (χ4n) is 2.31. The van der Waals surface area contributed by atoms with Crippen LogP contribution in [0.3, 0.4) is 0 Å². The molecule has 8 heteroatoms. The summed E-state index contributed by atoms with van der Waals surface area (Å²) in [6.45, 7) is 0. The van der Waals surface area contributed by atoms with Crippen molar-refractivity contribution in [3.63, 3.8) is 0 Å². The normalized spacial score (nSPS) is 15.6. The van der Waals surface area contributed by atoms with E-state index in [4.69, 9.17) is 16.3 Å². The van der Waals surface area contributed by atoms with E-state index in [0.29, 0.717) is 5.56 Å². The molecule has 25 heavy (non-hydrogen) atoms. The molecule has 2 N–H and O–H groups in total. The second kappa shape index (κ2) is 6.45. The number of aromatic hydroxyl groups is 1. The molecule has 1 heterocycles. The molecule has 0 unspecified atom stereocenters. The van der Waals surface area contributed by atoms with E-state index >= 15 is 0 Å². The van der Waals surface area contributed by atoms with Crippen LogP contribution in [0.1, 0.15) is 5.56 Å². The van der Waals surface area contributed by atoms with Crippen LogP contribution in [-0.2, 0) is 9.59 Å². The highest BCUT2D eigenvalue weighted by Crippen LogP contribution is 2.29. The number of nitrogens with zero attached hydrogens (tertiary/aromatic N) is 1. The minimum Gasteiger partial charge on any atom is -0.504 e. The first kappa shape index (κ1) is 16.8. The molecule has 1 aliphatic heterocycles. The van der Waals surface area contributed by atoms with Crippen molar-refractivity contribution in [3.8, 4) is 11.5 Å². The quantitative estimate of drug-likeness (QED) is 0.650. The zero-order chi connectivity index (χ0) is 18.1. The number of rotatable bonds is 3. The molecule has 0 saturated carbocycles. The van der Waals surface area contributed by atoms with Crippen molar-refractivity contribution < 1.29 is 23.8 Å². The van der Waals surface area contributed by atoms with Crippen LogP contribution in [0.2, 0.25) is 5.02 Å². The Hall–Kier alpha value is -3.06. The monoisotopic (exact) mass is 362 g/mol. The molecule has 1 fully saturated rings. The zero-order valence-electron chi connectivity index (χ0n) is 12.9. The van der Waals surface area contributed by atoms with Crippen LogP contribution in [0.25, 0.3) is 6.08 Å². The lowest BCUT2D eigenvalue weighted by atomic mass is 10.1. The van der Waals surface area contributed by atoms with Crippen LogP contribution in [0.15, 0.2) is 42.0 Å². The molecule has 6 nitrogen and oxygen atoms in total. The van der Waals surface area contributed by atoms with Gasteiger partial charge in [-0.05, 0) is 42.0 Å². The van der Waals surface area contributed by atoms with E-state index in [2.05, 4.69) is 5.43 Å². The number of amides is 2. The van der Waals surface area contributed by atoms with Gasteiger partial charge in [0.2, 0.25) is 0 Å². The summed E-state index contributed by atoms with van der Waals surface area (Å²) in [6, 6.07) is 8.07. The summed E-state index contributed by atoms with van der Waals surface area (Å²) in [5.74, 6) is -1.70. The number of phenols is 1. The van der Waals surface area contributed by atoms with Crippen molar-refractivity contribution in [1.29, 1.82) is 0 Å². The second-order valence-electron chi connectivity index (χ2n) is 5.17. The van der Waals surface area contributed by atoms with E-state index in [1.54, 1.807) is 0 Å². The van der Waals surface area contributed by atoms with Gasteiger partial charge in [-0.2, -0.15) is 0 Å². The Labute approximate surface area is 147 Å². The molecule has 0 aromatic heterocycles. The second-order valence-corrected chi connectivity index (χ2v) is 5.58. The molecule has 0 spiro atoms. The van der Waals surface area contributed by atoms with Crippen LogP contribution in [0.4, 0.5) is 10.1 Å². The number of ether oxygens (including phenoxy) is 1. The number of benzene rings is 2. The molecular formula is C17H12ClFN2O4. The minimum absolute atomic E-state index is 0.0607. The van der Waals surface area contributed by atoms with Gasteiger partial charge in [0.1, 0.15) is 11.4 Å². The number of carbonyl (C=O) groups excluding carboxylic acids is 2. The summed E-state index contributed by atoms with van der Waals surface area (Å²) in [7, 11) is 1.39. The van der Waals surface area contributed by atoms with Crippen molar-refractivity contribution in [2.45, 2.75) is 0 Å². The summed E-state index contributed by atoms with van der Waals surface area (Å²) in [5.41, 5.74) is 3.00. The number of carbonyl (C=O) groups is 2. The van der Waals surface area contributed by atoms with E-state index < -0.39 is 17.6 Å². The molecule has 0 bridgehead atoms. The van der Waals surface area contributed by atoms with Crippen LogP contribution in [0, 0.1) is 5.82 Å². The summed E-state index contributed by atoms with van der Waals surface area (Å²) in [5, 5.41) is 10.4. The van der Waals surface area contributed by atoms with E-state index in [0.717, 1.165) is 11.1 Å². The third kappa shape index (κ3) is 3.14. The molecular weight excluding hydrogens is 351 g/mol. The fourth-order valence-corrected chi connectivity index (χ4v) is 2.49. The maximum absolute atomic E-state index is 13.3. The number of hydrogen-bond donors (Lipinski definition) is 2. The maximum Gasteiger partial charge on any atom is 0.282 e. The number of nitrogens with one attached hydrogen (secondary N) is 1. The Balaban J connectivity index is 1.94. The maximum atomic E-state index is 13.3. The van der Waals surface area contributed by atoms with Crippen molar-refractivity contribution >= 4 is 35.2 Å². The molecule has 1 aliphatic rings. The average Bonchev–Trinajstić information content (AvgIpc) is 2.87. The van der Waals surface area contributed by atoms with Crippen molar-refractivity contribution in [3.05, 3.63) is 58.4 Å². The lowest BCUT2D eigenvalue weighted by Crippen LogP contribution is -2.35. The number of phenolic OH excluding ortho intramolecular Hbond substituents is 1. The van der Waals surface area contributed by atoms with E-state index in [1.165, 1.54) is 43.5 Å². The van der Waals surface area contributed by atoms with Crippen molar-refractivity contribution in [1.82, 2.24) is 5.43 Å². The highest BCUT2D eigenvalue weighted by atomic mass is 35.5. The number of anilines is 1. The number of halogens is 2. The first-order valence-electron chi connectivity index (χ1n) is 7.10. The van der Waals surface area contributed by atoms with E-state index in [-0.39, 0.29) is 27.8 Å². The largest absolute Gasteiger partial charge is 0.504 e. The Morgan fingerprint density at radius 2 is 2.00 bits per heavy atom. The minimum atomic E-state index is -0.629. The van der Waals surface area contributed by atoms with Gasteiger partial charge in [0.05, 0.1) is 17.8 Å². The number of methoxy groups -OCH3 is 1. The molecule has 2 aromatic carbocycles. The smallest absolute Gasteiger partial charge is 0.282 e. The molecule has 3 rings (SSSR count). The first-order valence-corrected chi connectivity index (χ1v) is 7.47. The van der Waals surface area contributed by atoms with E-state index in [1.807, 2.05) is 0 Å². The van der Waals surface area contributed by atoms with Gasteiger partial charge in [-0.1, -0.05) is 17.7 Å². The van der Waals surface area contributed by atoms with Gasteiger partial charge in [0, 0.05) is 0 Å². The average molecular weight is 363 g/mol. The predicted octanol–water partition coefficient (Wildman–Crippen LogP) is 2.65. The SMILES string of the molecule is COc1cc(/C=C2\C(=O)NN(c3ccc(F)c(Cl)c3)C2=O)ccc1O. The molecule has 0 aliphatic carbocycles. The third-order valence-electron chi connectivity index (χ3n) is 3.57. The van der Waals surface area contributed by atoms with Gasteiger partial charge in [0.15, 0.2) is 11.5 Å². The van der Waals surface area contributed by atoms with E-state index in [9.17, 15) is 19.1 Å². The molecule has 2 amide bonds. The van der Waals surface area contributed by atoms with Crippen LogP contribution >= 0.6 is 11.6 Å². The summed E-state index contributed by atoms with van der Waals surface area (Å²) < 4.78 is 18.3. The number of hydrogen-bond acceptors (Lipinski definition) is 4. The summed E-state index contributed by atoms with van der Waals surface area (Å²) >= 11 is 5.71. The zero-order valence-corrected chi connectivity index (χ0v) is 13.7. The summed E-state index contributed by atoms with van der Waals surface area (Å²) in [4.78, 5) is 24.6. The van der Waals surface area contributed by atoms with Gasteiger partial charge in [0.25, 0.3) is 11.8 Å². The highest BCUT2D eigenvalue weighted by Gasteiger charge is 2.34. The fraction of sp³-hybridized carbons (Fsp3) is 0.0588. The first-order chi connectivity index (χ1) is 11.9. The molecule has 0 atom stereocenters. The summed E-state index contributed by atoms with van der Waals surface area (Å²) in [6.07, 6.45) is 1.37. The van der Waals surface area contributed by atoms with Crippen molar-refractivity contribution in [2.24, 2.45) is 0 Å². The Bertz CT molecular complexity index is 914. The van der Waals surface area contributed by atoms with Crippen LogP contribution in [-0.4, -0.2) is 24.0 Å². The third-order valence-corrected chi connectivity index (χ3v) is 3.86. The Kier molecular flexibility index (Phi) is 4.33. The van der Waals surface area contributed by atoms with Crippen LogP contribution < -0.4 is 15.2 Å². The van der Waals surface area contributed by atoms with Gasteiger partial charge < -0.3 is 9.84 Å². The van der Waals surface area contributed by atoms with Gasteiger partial charge in [-0.3, -0.25) is 15.0 Å². The highest BCUT2D eigenvalue weighted by molar-refractivity contribution is 6.33. The van der Waals surface area contributed by atoms with Gasteiger partial charge >= 0.3 is 0 Å². The topological polar surface area (TPSA) is 78.9 Å². The predicted molar refractivity (Wildman–Crippen MR) is 89.7 cm³/mol. The standard InChI is InChI=1S/C17H12ClFN2O4/c1-25-15-7-9(2-5-14(15)22)6-11-16(23)20-21(17(11)24)10-3-4-13(19)12(18)8-10/h2-8,22H,1H3,(H,20,23)/b11-6+. The van der Waals surface area contributed by atoms with Gasteiger partial charge in [-0.25, -0.2) is 9.40 Å². The lowest BCUT2D eigenvalue weighted by Gasteiger charge is -2.14. The number of hydrazine groups is 1. The lowest BCUT2D eigenvalue weighted by molar-refractivity contribution is -0.117. The Morgan fingerprint density at radius 1 is 1.24 bits per heavy atom. The molecule has 2 aromatic rings. The molecule has 1 saturated heterocycles. The van der Waals surface area contributed by atoms with Crippen molar-refractivity contribution in [2.75, 3.05) is 12.1 Å². The van der Waals surface area contributed by atoms with Crippen LogP contribution in [0.5, 0.6) is 11.5 Å². The molecule has 128 valence electrons. The van der Waals surface area contributed by atoms with Gasteiger partial charge in [-0.15, -0.1) is 0 Å². The Morgan fingerprint density at radius 3 is 2.68 bits per heavy atom.